The number of allylic oxidation sites excluding steroid dienone is 2. The molecule has 0 saturated carbocycles. The van der Waals surface area contributed by atoms with E-state index in [0.29, 0.717) is 11.8 Å². The fourth-order valence-corrected chi connectivity index (χ4v) is 10.0. The Labute approximate surface area is 323 Å². The quantitative estimate of drug-likeness (QED) is 0.236. The van der Waals surface area contributed by atoms with Crippen molar-refractivity contribution in [3.8, 4) is 28.0 Å². The second-order valence-corrected chi connectivity index (χ2v) is 18.5. The zero-order valence-electron chi connectivity index (χ0n) is 30.5. The van der Waals surface area contributed by atoms with E-state index >= 15 is 0 Å². The number of rotatable bonds is 5. The largest absolute Gasteiger partial charge is 2.00 e. The van der Waals surface area contributed by atoms with Crippen LogP contribution in [-0.4, -0.2) is 15.9 Å². The van der Waals surface area contributed by atoms with Crippen molar-refractivity contribution >= 4 is 20.1 Å². The second-order valence-electron chi connectivity index (χ2n) is 15.6. The molecule has 0 radical (unpaired) electrons. The van der Waals surface area contributed by atoms with E-state index in [1.807, 2.05) is 7.11 Å². The number of hydrogen-bond acceptors (Lipinski definition) is 1. The van der Waals surface area contributed by atoms with Crippen molar-refractivity contribution in [2.45, 2.75) is 91.1 Å². The van der Waals surface area contributed by atoms with Crippen LogP contribution in [-0.2, 0) is 37.0 Å². The fourth-order valence-electron chi connectivity index (χ4n) is 8.06. The minimum absolute atomic E-state index is 0. The molecular formula is C43H50Cl2OSiZr. The molecule has 0 N–H and O–H groups in total. The van der Waals surface area contributed by atoms with Crippen molar-refractivity contribution in [3.05, 3.63) is 123 Å². The molecule has 2 aliphatic rings. The molecular weight excluding hydrogens is 723 g/mol. The molecule has 4 aromatic rings. The smallest absolute Gasteiger partial charge is 1.00 e. The zero-order chi connectivity index (χ0) is 32.4. The number of fused-ring (bicyclic) bond motifs is 2. The monoisotopic (exact) mass is 770 g/mol. The van der Waals surface area contributed by atoms with E-state index in [1.54, 1.807) is 10.8 Å². The third-order valence-electron chi connectivity index (χ3n) is 10.2. The van der Waals surface area contributed by atoms with Crippen LogP contribution in [0, 0.1) is 0 Å². The van der Waals surface area contributed by atoms with Crippen molar-refractivity contribution in [2.75, 3.05) is 7.11 Å². The van der Waals surface area contributed by atoms with Gasteiger partial charge in [-0.1, -0.05) is 156 Å². The average Bonchev–Trinajstić information content (AvgIpc) is 3.47. The number of ether oxygens (including phenoxy) is 1. The van der Waals surface area contributed by atoms with Crippen LogP contribution in [0.25, 0.3) is 33.5 Å². The van der Waals surface area contributed by atoms with Crippen molar-refractivity contribution in [1.29, 1.82) is 0 Å². The van der Waals surface area contributed by atoms with Gasteiger partial charge >= 0.3 is 26.2 Å². The van der Waals surface area contributed by atoms with E-state index in [2.05, 4.69) is 153 Å². The molecule has 1 nitrogen and oxygen atoms in total. The molecule has 0 spiro atoms. The van der Waals surface area contributed by atoms with Crippen molar-refractivity contribution in [1.82, 2.24) is 0 Å². The first kappa shape index (κ1) is 40.3. The summed E-state index contributed by atoms with van der Waals surface area (Å²) in [4.78, 5) is 0. The Morgan fingerprint density at radius 3 is 1.83 bits per heavy atom. The third-order valence-corrected chi connectivity index (χ3v) is 12.1. The van der Waals surface area contributed by atoms with E-state index in [1.165, 1.54) is 61.2 Å². The summed E-state index contributed by atoms with van der Waals surface area (Å²) in [5.74, 6) is 1.64. The number of halogens is 2. The Hall–Kier alpha value is -2.16. The van der Waals surface area contributed by atoms with Gasteiger partial charge in [0, 0.05) is 23.0 Å². The molecule has 2 unspecified atom stereocenters. The van der Waals surface area contributed by atoms with E-state index in [9.17, 15) is 0 Å². The van der Waals surface area contributed by atoms with Crippen LogP contribution in [0.15, 0.2) is 90.0 Å². The first-order valence-corrected chi connectivity index (χ1v) is 19.6. The Balaban J connectivity index is 0.00000208. The summed E-state index contributed by atoms with van der Waals surface area (Å²) < 4.78 is 6.36. The molecule has 6 rings (SSSR count). The van der Waals surface area contributed by atoms with Crippen LogP contribution in [0.1, 0.15) is 101 Å². The molecule has 48 heavy (non-hydrogen) atoms. The second kappa shape index (κ2) is 15.0. The summed E-state index contributed by atoms with van der Waals surface area (Å²) in [5, 5.41) is 1.61. The Morgan fingerprint density at radius 1 is 0.667 bits per heavy atom. The average molecular weight is 773 g/mol. The van der Waals surface area contributed by atoms with Gasteiger partial charge in [-0.15, -0.1) is 0 Å². The number of hydrogen-bond donors (Lipinski definition) is 0. The van der Waals surface area contributed by atoms with E-state index < -0.39 is 8.80 Å². The van der Waals surface area contributed by atoms with Crippen LogP contribution in [0.5, 0.6) is 5.75 Å². The van der Waals surface area contributed by atoms with Gasteiger partial charge in [-0.05, 0) is 69.2 Å². The minimum Gasteiger partial charge on any atom is -1.00 e. The summed E-state index contributed by atoms with van der Waals surface area (Å²) in [7, 11) is 0.635. The summed E-state index contributed by atoms with van der Waals surface area (Å²) in [6, 6.07) is 29.7. The predicted octanol–water partition coefficient (Wildman–Crippen LogP) is 5.73. The maximum Gasteiger partial charge on any atom is 2.00 e. The molecule has 2 aliphatic carbocycles. The Morgan fingerprint density at radius 2 is 1.29 bits per heavy atom. The van der Waals surface area contributed by atoms with Crippen molar-refractivity contribution < 1.29 is 55.8 Å². The van der Waals surface area contributed by atoms with Gasteiger partial charge in [0.25, 0.3) is 0 Å². The molecule has 0 aromatic heterocycles. The molecule has 0 bridgehead atoms. The topological polar surface area (TPSA) is 9.23 Å². The number of benzene rings is 4. The molecule has 2 atom stereocenters. The molecule has 0 aliphatic heterocycles. The van der Waals surface area contributed by atoms with Gasteiger partial charge in [-0.25, -0.2) is 0 Å². The molecule has 0 heterocycles. The predicted molar refractivity (Wildman–Crippen MR) is 198 cm³/mol. The SMILES string of the molecule is COc1c(C(C)(C)C)cc2c(c1-c1ccccc1)C([SiH](C)C)=C(C)C2C1C(C)=Cc2c(-c3ccc(C(C)(C)C)cc3)cccc21.[Cl-].[Cl-].[Zr+2]. The maximum absolute atomic E-state index is 6.36. The first-order chi connectivity index (χ1) is 21.2. The fraction of sp³-hybridized carbons (Fsp3) is 0.349. The normalized spacial score (nSPS) is 16.8. The summed E-state index contributed by atoms with van der Waals surface area (Å²) in [6.45, 7) is 23.6. The van der Waals surface area contributed by atoms with E-state index in [4.69, 9.17) is 4.74 Å². The van der Waals surface area contributed by atoms with Crippen LogP contribution in [0.4, 0.5) is 0 Å². The van der Waals surface area contributed by atoms with E-state index in [0.717, 1.165) is 5.75 Å². The van der Waals surface area contributed by atoms with Crippen molar-refractivity contribution in [3.63, 3.8) is 0 Å². The molecule has 0 fully saturated rings. The minimum atomic E-state index is -1.22. The molecule has 5 heteroatoms. The van der Waals surface area contributed by atoms with Gasteiger partial charge < -0.3 is 29.6 Å². The van der Waals surface area contributed by atoms with Gasteiger partial charge in [0.1, 0.15) is 5.75 Å². The van der Waals surface area contributed by atoms with Gasteiger partial charge in [-0.3, -0.25) is 0 Å². The van der Waals surface area contributed by atoms with Gasteiger partial charge in [0.15, 0.2) is 0 Å². The standard InChI is InChI=1S/C43H50OSi.2ClH.Zr/c1-26-24-33-31(28-20-22-30(23-21-28)42(3,4)5)18-15-19-32(33)36(26)37-27(2)41(45(10)11)39-34(37)25-35(43(6,7)8)40(44-9)38(39)29-16-13-12-14-17-29;;;/h12-25,36-37,45H,1-11H3;2*1H;/q;;;+2/p-2. The summed E-state index contributed by atoms with van der Waals surface area (Å²) >= 11 is 0. The van der Waals surface area contributed by atoms with Gasteiger partial charge in [0.05, 0.1) is 15.9 Å². The van der Waals surface area contributed by atoms with Crippen molar-refractivity contribution in [2.24, 2.45) is 0 Å². The Kier molecular flexibility index (Phi) is 12.6. The van der Waals surface area contributed by atoms with Gasteiger partial charge in [-0.2, -0.15) is 0 Å². The van der Waals surface area contributed by atoms with Crippen LogP contribution in [0.3, 0.4) is 0 Å². The first-order valence-electron chi connectivity index (χ1n) is 16.7. The molecule has 0 amide bonds. The molecule has 0 saturated heterocycles. The molecule has 4 aromatic carbocycles. The third kappa shape index (κ3) is 6.92. The Bertz CT molecular complexity index is 1840. The maximum atomic E-state index is 6.36. The summed E-state index contributed by atoms with van der Waals surface area (Å²) in [6.07, 6.45) is 2.48. The van der Waals surface area contributed by atoms with Gasteiger partial charge in [0.2, 0.25) is 0 Å². The van der Waals surface area contributed by atoms with Crippen LogP contribution >= 0.6 is 0 Å². The van der Waals surface area contributed by atoms with E-state index in [-0.39, 0.29) is 61.8 Å². The van der Waals surface area contributed by atoms with Crippen LogP contribution in [0.2, 0.25) is 13.1 Å². The zero-order valence-corrected chi connectivity index (χ0v) is 35.6. The number of methoxy groups -OCH3 is 1. The summed E-state index contributed by atoms with van der Waals surface area (Å²) in [5.41, 5.74) is 16.7. The molecule has 250 valence electrons. The van der Waals surface area contributed by atoms with Crippen LogP contribution < -0.4 is 29.6 Å².